The molecule has 1 saturated heterocycles. The third-order valence-corrected chi connectivity index (χ3v) is 12.0. The normalized spacial score (nSPS) is 19.6. The number of ether oxygens (including phenoxy) is 2. The molecule has 1 amide bonds. The van der Waals surface area contributed by atoms with E-state index >= 15 is 0 Å². The summed E-state index contributed by atoms with van der Waals surface area (Å²) < 4.78 is 17.3. The lowest BCUT2D eigenvalue weighted by Gasteiger charge is -2.53. The van der Waals surface area contributed by atoms with Gasteiger partial charge in [-0.2, -0.15) is 0 Å². The highest BCUT2D eigenvalue weighted by atomic mass is 28.4. The Kier molecular flexibility index (Phi) is 7.63. The van der Waals surface area contributed by atoms with Crippen molar-refractivity contribution in [1.82, 2.24) is 4.90 Å². The molecule has 0 aliphatic carbocycles. The van der Waals surface area contributed by atoms with Crippen molar-refractivity contribution in [2.75, 3.05) is 14.2 Å². The summed E-state index contributed by atoms with van der Waals surface area (Å²) in [6.45, 7) is 17.2. The Morgan fingerprint density at radius 2 is 1.38 bits per heavy atom. The van der Waals surface area contributed by atoms with Gasteiger partial charge in [0.05, 0.1) is 38.3 Å². The Bertz CT molecular complexity index is 947. The monoisotopic (exact) mass is 481 g/mol. The van der Waals surface area contributed by atoms with Crippen LogP contribution in [0.5, 0.6) is 11.5 Å². The number of hydrogen-bond donors (Lipinski definition) is 0. The van der Waals surface area contributed by atoms with E-state index in [0.29, 0.717) is 0 Å². The molecule has 34 heavy (non-hydrogen) atoms. The van der Waals surface area contributed by atoms with Crippen LogP contribution >= 0.6 is 0 Å². The minimum absolute atomic E-state index is 0.0755. The molecule has 1 heterocycles. The van der Waals surface area contributed by atoms with Gasteiger partial charge in [-0.1, -0.05) is 51.1 Å². The third kappa shape index (κ3) is 4.93. The van der Waals surface area contributed by atoms with E-state index in [-0.39, 0.29) is 35.1 Å². The molecular formula is C28H39NO4Si. The van der Waals surface area contributed by atoms with Gasteiger partial charge in [-0.15, -0.1) is 6.58 Å². The van der Waals surface area contributed by atoms with Crippen LogP contribution in [0.1, 0.15) is 44.9 Å². The van der Waals surface area contributed by atoms with Gasteiger partial charge in [-0.05, 0) is 60.4 Å². The van der Waals surface area contributed by atoms with Crippen LogP contribution in [-0.2, 0) is 9.22 Å². The third-order valence-electron chi connectivity index (χ3n) is 7.40. The number of nitrogens with zero attached hydrogens (tertiary/aromatic N) is 1. The standard InChI is InChI=1S/C28H39NO4Si/c1-10-24-25(19(2)33-34(8,9)28(3,4)5)27(30)29(24)26(20-11-15-22(31-6)16-12-20)21-13-17-23(32-7)18-14-21/h10-19,24-26H,1H2,2-9H3/t19-,24-,25-/m1/s1. The number of carbonyl (C=O) groups excluding carboxylic acids is 1. The molecule has 2 aromatic carbocycles. The molecule has 1 fully saturated rings. The molecule has 6 heteroatoms. The molecule has 0 saturated carbocycles. The van der Waals surface area contributed by atoms with Crippen LogP contribution in [0.25, 0.3) is 0 Å². The van der Waals surface area contributed by atoms with Crippen molar-refractivity contribution in [2.45, 2.75) is 64.0 Å². The Morgan fingerprint density at radius 1 is 0.941 bits per heavy atom. The lowest BCUT2D eigenvalue weighted by atomic mass is 9.79. The van der Waals surface area contributed by atoms with Crippen LogP contribution in [0.15, 0.2) is 61.2 Å². The van der Waals surface area contributed by atoms with E-state index in [1.165, 1.54) is 0 Å². The van der Waals surface area contributed by atoms with E-state index in [0.717, 1.165) is 22.6 Å². The van der Waals surface area contributed by atoms with Crippen molar-refractivity contribution >= 4 is 14.2 Å². The first-order valence-corrected chi connectivity index (χ1v) is 14.8. The highest BCUT2D eigenvalue weighted by Crippen LogP contribution is 2.45. The number of carbonyl (C=O) groups is 1. The Balaban J connectivity index is 1.95. The van der Waals surface area contributed by atoms with Gasteiger partial charge in [-0.25, -0.2) is 0 Å². The minimum Gasteiger partial charge on any atom is -0.497 e. The summed E-state index contributed by atoms with van der Waals surface area (Å²) in [5.74, 6) is 1.40. The SMILES string of the molecule is C=C[C@@H]1[C@@H]([C@@H](C)O[Si](C)(C)C(C)(C)C)C(=O)N1C(c1ccc(OC)cc1)c1ccc(OC)cc1. The number of β-lactam (4-membered cyclic amide) rings is 1. The van der Waals surface area contributed by atoms with E-state index in [9.17, 15) is 4.79 Å². The van der Waals surface area contributed by atoms with Crippen molar-refractivity contribution < 1.29 is 18.7 Å². The molecule has 1 aliphatic heterocycles. The maximum absolute atomic E-state index is 13.7. The maximum atomic E-state index is 13.7. The van der Waals surface area contributed by atoms with Gasteiger partial charge in [0.15, 0.2) is 8.32 Å². The molecule has 0 bridgehead atoms. The van der Waals surface area contributed by atoms with Gasteiger partial charge in [0, 0.05) is 0 Å². The Hall–Kier alpha value is -2.57. The molecular weight excluding hydrogens is 442 g/mol. The fourth-order valence-corrected chi connectivity index (χ4v) is 5.82. The zero-order chi connectivity index (χ0) is 25.3. The smallest absolute Gasteiger partial charge is 0.231 e. The van der Waals surface area contributed by atoms with Crippen molar-refractivity contribution in [2.24, 2.45) is 5.92 Å². The average Bonchev–Trinajstić information content (AvgIpc) is 2.79. The van der Waals surface area contributed by atoms with Gasteiger partial charge in [0.25, 0.3) is 0 Å². The van der Waals surface area contributed by atoms with Crippen LogP contribution in [0.2, 0.25) is 18.1 Å². The van der Waals surface area contributed by atoms with Crippen molar-refractivity contribution in [1.29, 1.82) is 0 Å². The predicted octanol–water partition coefficient (Wildman–Crippen LogP) is 6.22. The molecule has 3 rings (SSSR count). The van der Waals surface area contributed by atoms with Crippen LogP contribution in [0.4, 0.5) is 0 Å². The first-order valence-electron chi connectivity index (χ1n) is 11.9. The summed E-state index contributed by atoms with van der Waals surface area (Å²) in [4.78, 5) is 15.6. The average molecular weight is 482 g/mol. The Morgan fingerprint density at radius 3 is 1.74 bits per heavy atom. The Labute approximate surface area is 205 Å². The second-order valence-corrected chi connectivity index (χ2v) is 15.3. The quantitative estimate of drug-likeness (QED) is 0.242. The van der Waals surface area contributed by atoms with Crippen LogP contribution in [0.3, 0.4) is 0 Å². The molecule has 5 nitrogen and oxygen atoms in total. The minimum atomic E-state index is -2.02. The van der Waals surface area contributed by atoms with Gasteiger partial charge in [0.1, 0.15) is 11.5 Å². The first-order chi connectivity index (χ1) is 15.9. The molecule has 0 unspecified atom stereocenters. The molecule has 2 aromatic rings. The lowest BCUT2D eigenvalue weighted by molar-refractivity contribution is -0.162. The van der Waals surface area contributed by atoms with Crippen LogP contribution in [-0.4, -0.2) is 45.5 Å². The number of rotatable bonds is 9. The fourth-order valence-electron chi connectivity index (χ4n) is 4.39. The topological polar surface area (TPSA) is 48.0 Å². The van der Waals surface area contributed by atoms with Gasteiger partial charge < -0.3 is 18.8 Å². The largest absolute Gasteiger partial charge is 0.497 e. The zero-order valence-corrected chi connectivity index (χ0v) is 22.8. The van der Waals surface area contributed by atoms with Gasteiger partial charge >= 0.3 is 0 Å². The molecule has 0 spiro atoms. The van der Waals surface area contributed by atoms with E-state index < -0.39 is 8.32 Å². The second kappa shape index (κ2) is 9.96. The highest BCUT2D eigenvalue weighted by Gasteiger charge is 2.53. The molecule has 3 atom stereocenters. The number of methoxy groups -OCH3 is 2. The summed E-state index contributed by atoms with van der Waals surface area (Å²) in [5, 5.41) is 0.0755. The van der Waals surface area contributed by atoms with E-state index in [2.05, 4.69) is 40.4 Å². The molecule has 0 aromatic heterocycles. The van der Waals surface area contributed by atoms with Crippen molar-refractivity contribution in [3.8, 4) is 11.5 Å². The summed E-state index contributed by atoms with van der Waals surface area (Å²) in [6, 6.07) is 15.4. The number of benzene rings is 2. The van der Waals surface area contributed by atoms with Crippen molar-refractivity contribution in [3.63, 3.8) is 0 Å². The van der Waals surface area contributed by atoms with E-state index in [4.69, 9.17) is 13.9 Å². The molecule has 0 radical (unpaired) electrons. The summed E-state index contributed by atoms with van der Waals surface area (Å²) in [5.41, 5.74) is 2.03. The number of hydrogen-bond acceptors (Lipinski definition) is 4. The highest BCUT2D eigenvalue weighted by molar-refractivity contribution is 6.74. The van der Waals surface area contributed by atoms with E-state index in [1.807, 2.05) is 66.4 Å². The predicted molar refractivity (Wildman–Crippen MR) is 140 cm³/mol. The van der Waals surface area contributed by atoms with Crippen LogP contribution < -0.4 is 9.47 Å². The fraction of sp³-hybridized carbons (Fsp3) is 0.464. The number of likely N-dealkylation sites (tertiary alicyclic amines) is 1. The van der Waals surface area contributed by atoms with E-state index in [1.54, 1.807) is 14.2 Å². The zero-order valence-electron chi connectivity index (χ0n) is 21.8. The van der Waals surface area contributed by atoms with Gasteiger partial charge in [-0.3, -0.25) is 4.79 Å². The number of amides is 1. The lowest BCUT2D eigenvalue weighted by Crippen LogP contribution is -2.65. The maximum Gasteiger partial charge on any atom is 0.231 e. The second-order valence-electron chi connectivity index (χ2n) is 10.5. The summed E-state index contributed by atoms with van der Waals surface area (Å²) in [7, 11) is 1.28. The molecule has 1 aliphatic rings. The summed E-state index contributed by atoms with van der Waals surface area (Å²) in [6.07, 6.45) is 1.71. The molecule has 184 valence electrons. The van der Waals surface area contributed by atoms with Crippen molar-refractivity contribution in [3.05, 3.63) is 72.3 Å². The molecule has 0 N–H and O–H groups in total. The van der Waals surface area contributed by atoms with Gasteiger partial charge in [0.2, 0.25) is 5.91 Å². The summed E-state index contributed by atoms with van der Waals surface area (Å²) >= 11 is 0. The van der Waals surface area contributed by atoms with Crippen LogP contribution in [0, 0.1) is 5.92 Å². The first kappa shape index (κ1) is 26.0.